The fourth-order valence-corrected chi connectivity index (χ4v) is 2.06. The molecule has 0 saturated heterocycles. The monoisotopic (exact) mass is 309 g/mol. The van der Waals surface area contributed by atoms with Crippen LogP contribution in [0.1, 0.15) is 10.4 Å². The summed E-state index contributed by atoms with van der Waals surface area (Å²) in [5, 5.41) is 12.1. The van der Waals surface area contributed by atoms with E-state index in [1.165, 1.54) is 24.4 Å². The molecule has 6 heteroatoms. The van der Waals surface area contributed by atoms with Crippen LogP contribution in [0.4, 0.5) is 15.9 Å². The first-order chi connectivity index (χ1) is 11.1. The second-order valence-electron chi connectivity index (χ2n) is 4.76. The predicted octanol–water partition coefficient (Wildman–Crippen LogP) is 3.72. The van der Waals surface area contributed by atoms with Gasteiger partial charge in [0.25, 0.3) is 0 Å². The molecule has 23 heavy (non-hydrogen) atoms. The van der Waals surface area contributed by atoms with E-state index in [1.54, 1.807) is 6.07 Å². The Hall–Kier alpha value is -3.28. The number of hydrogen-bond acceptors (Lipinski definition) is 4. The highest BCUT2D eigenvalue weighted by Gasteiger charge is 2.15. The van der Waals surface area contributed by atoms with E-state index in [-0.39, 0.29) is 11.4 Å². The lowest BCUT2D eigenvalue weighted by atomic mass is 10.2. The van der Waals surface area contributed by atoms with Crippen molar-refractivity contribution >= 4 is 17.5 Å². The molecule has 5 nitrogen and oxygen atoms in total. The van der Waals surface area contributed by atoms with Crippen LogP contribution >= 0.6 is 0 Å². The Bertz CT molecular complexity index is 853. The lowest BCUT2D eigenvalue weighted by Crippen LogP contribution is -2.07. The molecule has 114 valence electrons. The summed E-state index contributed by atoms with van der Waals surface area (Å²) in [6.07, 6.45) is 1.24. The van der Waals surface area contributed by atoms with Crippen molar-refractivity contribution in [2.75, 3.05) is 5.32 Å². The molecule has 0 bridgehead atoms. The lowest BCUT2D eigenvalue weighted by Gasteiger charge is -2.10. The highest BCUT2D eigenvalue weighted by atomic mass is 19.1. The van der Waals surface area contributed by atoms with E-state index < -0.39 is 11.8 Å². The quantitative estimate of drug-likeness (QED) is 0.768. The van der Waals surface area contributed by atoms with Crippen LogP contribution in [-0.4, -0.2) is 21.0 Å². The number of benzene rings is 2. The van der Waals surface area contributed by atoms with Crippen LogP contribution in [0.5, 0.6) is 0 Å². The zero-order valence-corrected chi connectivity index (χ0v) is 11.9. The number of carbonyl (C=O) groups is 1. The number of anilines is 2. The van der Waals surface area contributed by atoms with E-state index in [9.17, 15) is 14.3 Å². The minimum atomic E-state index is -1.16. The lowest BCUT2D eigenvalue weighted by molar-refractivity contribution is 0.0697. The van der Waals surface area contributed by atoms with E-state index in [2.05, 4.69) is 15.3 Å². The Morgan fingerprint density at radius 3 is 2.57 bits per heavy atom. The molecule has 0 amide bonds. The summed E-state index contributed by atoms with van der Waals surface area (Å²) in [6, 6.07) is 14.9. The number of nitrogens with zero attached hydrogens (tertiary/aromatic N) is 2. The minimum Gasteiger partial charge on any atom is -0.477 e. The number of hydrogen-bond donors (Lipinski definition) is 2. The molecule has 0 fully saturated rings. The summed E-state index contributed by atoms with van der Waals surface area (Å²) in [6.45, 7) is 0. The third-order valence-corrected chi connectivity index (χ3v) is 3.14. The molecule has 2 aromatic carbocycles. The fourth-order valence-electron chi connectivity index (χ4n) is 2.06. The van der Waals surface area contributed by atoms with Gasteiger partial charge in [0.2, 0.25) is 0 Å². The smallest absolute Gasteiger partial charge is 0.341 e. The van der Waals surface area contributed by atoms with Gasteiger partial charge in [-0.2, -0.15) is 0 Å². The molecule has 1 aromatic heterocycles. The summed E-state index contributed by atoms with van der Waals surface area (Å²) in [4.78, 5) is 19.7. The molecule has 0 aliphatic carbocycles. The van der Waals surface area contributed by atoms with Gasteiger partial charge in [0, 0.05) is 17.4 Å². The summed E-state index contributed by atoms with van der Waals surface area (Å²) < 4.78 is 13.3. The Labute approximate surface area is 131 Å². The second-order valence-corrected chi connectivity index (χ2v) is 4.76. The molecule has 0 saturated carbocycles. The van der Waals surface area contributed by atoms with Gasteiger partial charge in [0.05, 0.1) is 0 Å². The van der Waals surface area contributed by atoms with Crippen LogP contribution in [0.3, 0.4) is 0 Å². The van der Waals surface area contributed by atoms with Gasteiger partial charge in [-0.1, -0.05) is 36.4 Å². The number of rotatable bonds is 4. The molecular weight excluding hydrogens is 297 g/mol. The SMILES string of the molecule is O=C(O)c1cnc(-c2ccccc2)nc1Nc1cccc(F)c1. The van der Waals surface area contributed by atoms with Gasteiger partial charge in [-0.05, 0) is 18.2 Å². The normalized spacial score (nSPS) is 10.3. The predicted molar refractivity (Wildman–Crippen MR) is 84.1 cm³/mol. The first-order valence-corrected chi connectivity index (χ1v) is 6.82. The third kappa shape index (κ3) is 3.32. The van der Waals surface area contributed by atoms with Crippen molar-refractivity contribution in [2.24, 2.45) is 0 Å². The molecular formula is C17H12FN3O2. The minimum absolute atomic E-state index is 0.0889. The number of halogens is 1. The van der Waals surface area contributed by atoms with Crippen LogP contribution in [0.25, 0.3) is 11.4 Å². The van der Waals surface area contributed by atoms with Gasteiger partial charge in [0.1, 0.15) is 17.2 Å². The Morgan fingerprint density at radius 1 is 1.09 bits per heavy atom. The maximum Gasteiger partial charge on any atom is 0.341 e. The molecule has 0 unspecified atom stereocenters. The van der Waals surface area contributed by atoms with Crippen molar-refractivity contribution < 1.29 is 14.3 Å². The molecule has 2 N–H and O–H groups in total. The van der Waals surface area contributed by atoms with Crippen molar-refractivity contribution in [1.29, 1.82) is 0 Å². The third-order valence-electron chi connectivity index (χ3n) is 3.14. The van der Waals surface area contributed by atoms with Crippen LogP contribution in [0.2, 0.25) is 0 Å². The van der Waals surface area contributed by atoms with Crippen molar-refractivity contribution in [3.63, 3.8) is 0 Å². The van der Waals surface area contributed by atoms with Crippen LogP contribution < -0.4 is 5.32 Å². The van der Waals surface area contributed by atoms with Gasteiger partial charge in [-0.25, -0.2) is 19.2 Å². The van der Waals surface area contributed by atoms with Gasteiger partial charge in [0.15, 0.2) is 5.82 Å². The Kier molecular flexibility index (Phi) is 3.97. The molecule has 0 aliphatic rings. The van der Waals surface area contributed by atoms with Crippen molar-refractivity contribution in [2.45, 2.75) is 0 Å². The molecule has 0 atom stereocenters. The zero-order chi connectivity index (χ0) is 16.2. The summed E-state index contributed by atoms with van der Waals surface area (Å²) >= 11 is 0. The molecule has 3 aromatic rings. The Morgan fingerprint density at radius 2 is 1.87 bits per heavy atom. The molecule has 0 spiro atoms. The zero-order valence-electron chi connectivity index (χ0n) is 11.9. The first kappa shape index (κ1) is 14.6. The second kappa shape index (κ2) is 6.23. The fraction of sp³-hybridized carbons (Fsp3) is 0. The number of carboxylic acid groups (broad SMARTS) is 1. The number of aromatic carboxylic acids is 1. The van der Waals surface area contributed by atoms with Gasteiger partial charge in [-0.3, -0.25) is 0 Å². The van der Waals surface area contributed by atoms with E-state index in [0.717, 1.165) is 5.56 Å². The Balaban J connectivity index is 2.04. The number of nitrogens with one attached hydrogen (secondary N) is 1. The maximum absolute atomic E-state index is 13.3. The number of aromatic nitrogens is 2. The van der Waals surface area contributed by atoms with Crippen LogP contribution in [0.15, 0.2) is 60.8 Å². The summed E-state index contributed by atoms with van der Waals surface area (Å²) in [5.41, 5.74) is 1.07. The van der Waals surface area contributed by atoms with E-state index in [1.807, 2.05) is 30.3 Å². The van der Waals surface area contributed by atoms with Crippen molar-refractivity contribution in [1.82, 2.24) is 9.97 Å². The molecule has 0 radical (unpaired) electrons. The average molecular weight is 309 g/mol. The van der Waals surface area contributed by atoms with Crippen LogP contribution in [0, 0.1) is 5.82 Å². The molecule has 3 rings (SSSR count). The van der Waals surface area contributed by atoms with Crippen molar-refractivity contribution in [3.8, 4) is 11.4 Å². The molecule has 1 heterocycles. The van der Waals surface area contributed by atoms with Crippen LogP contribution in [-0.2, 0) is 0 Å². The number of carboxylic acids is 1. The summed E-state index contributed by atoms with van der Waals surface area (Å²) in [5.74, 6) is -1.10. The van der Waals surface area contributed by atoms with Gasteiger partial charge >= 0.3 is 5.97 Å². The largest absolute Gasteiger partial charge is 0.477 e. The highest BCUT2D eigenvalue weighted by molar-refractivity contribution is 5.94. The standard InChI is InChI=1S/C17H12FN3O2/c18-12-7-4-8-13(9-12)20-16-14(17(22)23)10-19-15(21-16)11-5-2-1-3-6-11/h1-10H,(H,22,23)(H,19,20,21). The molecule has 0 aliphatic heterocycles. The summed E-state index contributed by atoms with van der Waals surface area (Å²) in [7, 11) is 0. The maximum atomic E-state index is 13.3. The van der Waals surface area contributed by atoms with E-state index >= 15 is 0 Å². The van der Waals surface area contributed by atoms with Gasteiger partial charge < -0.3 is 10.4 Å². The van der Waals surface area contributed by atoms with E-state index in [0.29, 0.717) is 11.5 Å². The first-order valence-electron chi connectivity index (χ1n) is 6.82. The average Bonchev–Trinajstić information content (AvgIpc) is 2.55. The highest BCUT2D eigenvalue weighted by Crippen LogP contribution is 2.23. The topological polar surface area (TPSA) is 75.1 Å². The van der Waals surface area contributed by atoms with Gasteiger partial charge in [-0.15, -0.1) is 0 Å². The van der Waals surface area contributed by atoms with Crippen molar-refractivity contribution in [3.05, 3.63) is 72.2 Å². The van der Waals surface area contributed by atoms with E-state index in [4.69, 9.17) is 0 Å².